The number of anilines is 1. The van der Waals surface area contributed by atoms with Crippen molar-refractivity contribution in [1.82, 2.24) is 8.75 Å². The zero-order valence-corrected chi connectivity index (χ0v) is 10.4. The fourth-order valence-corrected chi connectivity index (χ4v) is 2.21. The molecule has 0 atom stereocenters. The van der Waals surface area contributed by atoms with Gasteiger partial charge in [0.15, 0.2) is 0 Å². The van der Waals surface area contributed by atoms with Crippen molar-refractivity contribution >= 4 is 46.0 Å². The number of aliphatic carboxylic acids is 1. The molecule has 5 nitrogen and oxygen atoms in total. The number of rotatable bonds is 5. The number of benzene rings is 1. The molecule has 0 bridgehead atoms. The second-order valence-electron chi connectivity index (χ2n) is 3.48. The Labute approximate surface area is 107 Å². The number of nitrogens with one attached hydrogen (secondary N) is 1. The first kappa shape index (κ1) is 12.1. The first-order valence-electron chi connectivity index (χ1n) is 5.05. The van der Waals surface area contributed by atoms with Gasteiger partial charge in [-0.1, -0.05) is 11.6 Å². The summed E-state index contributed by atoms with van der Waals surface area (Å²) in [5.74, 6) is -0.800. The topological polar surface area (TPSA) is 75.1 Å². The zero-order chi connectivity index (χ0) is 12.3. The smallest absolute Gasteiger partial charge is 0.303 e. The van der Waals surface area contributed by atoms with Gasteiger partial charge in [-0.15, -0.1) is 0 Å². The monoisotopic (exact) mass is 271 g/mol. The third-order valence-electron chi connectivity index (χ3n) is 2.25. The Morgan fingerprint density at radius 2 is 2.29 bits per heavy atom. The molecule has 17 heavy (non-hydrogen) atoms. The lowest BCUT2D eigenvalue weighted by Gasteiger charge is -2.07. The van der Waals surface area contributed by atoms with E-state index in [0.29, 0.717) is 18.0 Å². The zero-order valence-electron chi connectivity index (χ0n) is 8.81. The number of fused-ring (bicyclic) bond motifs is 1. The third kappa shape index (κ3) is 2.83. The molecular formula is C10H10ClN3O2S. The standard InChI is InChI=1S/C10H10ClN3O2S/c11-6-3-4-7-10(14-17-13-7)9(6)12-5-1-2-8(15)16/h3-4,12H,1-2,5H2,(H,15,16). The van der Waals surface area contributed by atoms with Gasteiger partial charge in [0.05, 0.1) is 22.4 Å². The van der Waals surface area contributed by atoms with E-state index >= 15 is 0 Å². The van der Waals surface area contributed by atoms with Crippen LogP contribution in [0.15, 0.2) is 12.1 Å². The number of hydrogen-bond acceptors (Lipinski definition) is 5. The molecule has 0 saturated heterocycles. The van der Waals surface area contributed by atoms with Gasteiger partial charge in [-0.2, -0.15) is 8.75 Å². The van der Waals surface area contributed by atoms with Crippen molar-refractivity contribution in [2.45, 2.75) is 12.8 Å². The van der Waals surface area contributed by atoms with Gasteiger partial charge in [0, 0.05) is 13.0 Å². The fraction of sp³-hybridized carbons (Fsp3) is 0.300. The molecule has 0 aliphatic rings. The number of halogens is 1. The van der Waals surface area contributed by atoms with Gasteiger partial charge in [-0.25, -0.2) is 0 Å². The van der Waals surface area contributed by atoms with Crippen molar-refractivity contribution in [3.05, 3.63) is 17.2 Å². The molecule has 90 valence electrons. The molecule has 0 amide bonds. The summed E-state index contributed by atoms with van der Waals surface area (Å²) in [6, 6.07) is 3.56. The highest BCUT2D eigenvalue weighted by molar-refractivity contribution is 7.00. The number of carboxylic acid groups (broad SMARTS) is 1. The molecule has 1 heterocycles. The van der Waals surface area contributed by atoms with Crippen LogP contribution in [-0.2, 0) is 4.79 Å². The van der Waals surface area contributed by atoms with Crippen LogP contribution in [0, 0.1) is 0 Å². The summed E-state index contributed by atoms with van der Waals surface area (Å²) < 4.78 is 8.28. The lowest BCUT2D eigenvalue weighted by molar-refractivity contribution is -0.137. The Hall–Kier alpha value is -1.40. The Morgan fingerprint density at radius 1 is 1.47 bits per heavy atom. The highest BCUT2D eigenvalue weighted by Crippen LogP contribution is 2.29. The van der Waals surface area contributed by atoms with Crippen LogP contribution in [-0.4, -0.2) is 26.4 Å². The third-order valence-corrected chi connectivity index (χ3v) is 3.10. The van der Waals surface area contributed by atoms with E-state index in [4.69, 9.17) is 16.7 Å². The second kappa shape index (κ2) is 5.29. The van der Waals surface area contributed by atoms with Crippen molar-refractivity contribution in [2.24, 2.45) is 0 Å². The SMILES string of the molecule is O=C(O)CCCNc1c(Cl)ccc2nsnc12. The van der Waals surface area contributed by atoms with E-state index in [2.05, 4.69) is 14.1 Å². The molecule has 1 aromatic carbocycles. The van der Waals surface area contributed by atoms with Crippen LogP contribution in [0.25, 0.3) is 11.0 Å². The molecular weight excluding hydrogens is 262 g/mol. The molecule has 0 radical (unpaired) electrons. The molecule has 1 aromatic heterocycles. The highest BCUT2D eigenvalue weighted by Gasteiger charge is 2.09. The fourth-order valence-electron chi connectivity index (χ4n) is 1.45. The van der Waals surface area contributed by atoms with Crippen LogP contribution in [0.1, 0.15) is 12.8 Å². The summed E-state index contributed by atoms with van der Waals surface area (Å²) in [4.78, 5) is 10.4. The van der Waals surface area contributed by atoms with E-state index in [1.54, 1.807) is 6.07 Å². The maximum absolute atomic E-state index is 10.4. The molecule has 2 aromatic rings. The minimum Gasteiger partial charge on any atom is -0.481 e. The maximum atomic E-state index is 10.4. The lowest BCUT2D eigenvalue weighted by Crippen LogP contribution is -2.05. The minimum absolute atomic E-state index is 0.135. The van der Waals surface area contributed by atoms with E-state index in [0.717, 1.165) is 28.4 Å². The van der Waals surface area contributed by atoms with Crippen LogP contribution in [0.3, 0.4) is 0 Å². The van der Waals surface area contributed by atoms with Crippen molar-refractivity contribution in [3.63, 3.8) is 0 Å². The molecule has 7 heteroatoms. The average molecular weight is 272 g/mol. The summed E-state index contributed by atoms with van der Waals surface area (Å²) in [5, 5.41) is 12.2. The van der Waals surface area contributed by atoms with E-state index in [1.807, 2.05) is 6.07 Å². The van der Waals surface area contributed by atoms with Crippen molar-refractivity contribution < 1.29 is 9.90 Å². The normalized spacial score (nSPS) is 10.6. The summed E-state index contributed by atoms with van der Waals surface area (Å²) in [5.41, 5.74) is 2.25. The number of carboxylic acids is 1. The maximum Gasteiger partial charge on any atom is 0.303 e. The molecule has 2 rings (SSSR count). The van der Waals surface area contributed by atoms with Crippen LogP contribution in [0.2, 0.25) is 5.02 Å². The number of carbonyl (C=O) groups is 1. The van der Waals surface area contributed by atoms with Gasteiger partial charge < -0.3 is 10.4 Å². The summed E-state index contributed by atoms with van der Waals surface area (Å²) >= 11 is 7.19. The Morgan fingerprint density at radius 3 is 3.06 bits per heavy atom. The lowest BCUT2D eigenvalue weighted by atomic mass is 10.2. The number of aromatic nitrogens is 2. The molecule has 0 aliphatic carbocycles. The van der Waals surface area contributed by atoms with Crippen LogP contribution in [0.5, 0.6) is 0 Å². The molecule has 0 spiro atoms. The van der Waals surface area contributed by atoms with Crippen LogP contribution in [0.4, 0.5) is 5.69 Å². The predicted octanol–water partition coefficient (Wildman–Crippen LogP) is 2.62. The van der Waals surface area contributed by atoms with Crippen LogP contribution >= 0.6 is 23.3 Å². The van der Waals surface area contributed by atoms with Gasteiger partial charge in [0.25, 0.3) is 0 Å². The van der Waals surface area contributed by atoms with Gasteiger partial charge in [0.2, 0.25) is 0 Å². The molecule has 2 N–H and O–H groups in total. The van der Waals surface area contributed by atoms with Gasteiger partial charge >= 0.3 is 5.97 Å². The first-order chi connectivity index (χ1) is 8.18. The first-order valence-corrected chi connectivity index (χ1v) is 6.16. The average Bonchev–Trinajstić information content (AvgIpc) is 2.74. The molecule has 0 fully saturated rings. The highest BCUT2D eigenvalue weighted by atomic mass is 35.5. The summed E-state index contributed by atoms with van der Waals surface area (Å²) in [6.07, 6.45) is 0.676. The van der Waals surface area contributed by atoms with Gasteiger partial charge in [0.1, 0.15) is 11.0 Å². The van der Waals surface area contributed by atoms with E-state index in [1.165, 1.54) is 0 Å². The molecule has 0 unspecified atom stereocenters. The van der Waals surface area contributed by atoms with E-state index in [-0.39, 0.29) is 6.42 Å². The van der Waals surface area contributed by atoms with E-state index < -0.39 is 5.97 Å². The Bertz CT molecular complexity index is 543. The minimum atomic E-state index is -0.800. The summed E-state index contributed by atoms with van der Waals surface area (Å²) in [7, 11) is 0. The predicted molar refractivity (Wildman–Crippen MR) is 67.8 cm³/mol. The quantitative estimate of drug-likeness (QED) is 0.818. The van der Waals surface area contributed by atoms with E-state index in [9.17, 15) is 4.79 Å². The Balaban J connectivity index is 2.09. The van der Waals surface area contributed by atoms with Gasteiger partial charge in [-0.3, -0.25) is 4.79 Å². The largest absolute Gasteiger partial charge is 0.481 e. The molecule has 0 saturated carbocycles. The second-order valence-corrected chi connectivity index (χ2v) is 4.41. The summed E-state index contributed by atoms with van der Waals surface area (Å²) in [6.45, 7) is 0.544. The van der Waals surface area contributed by atoms with Crippen molar-refractivity contribution in [1.29, 1.82) is 0 Å². The number of hydrogen-bond donors (Lipinski definition) is 2. The van der Waals surface area contributed by atoms with Crippen molar-refractivity contribution in [2.75, 3.05) is 11.9 Å². The number of nitrogens with zero attached hydrogens (tertiary/aromatic N) is 2. The van der Waals surface area contributed by atoms with Crippen molar-refractivity contribution in [3.8, 4) is 0 Å². The Kier molecular flexibility index (Phi) is 3.75. The molecule has 0 aliphatic heterocycles. The van der Waals surface area contributed by atoms with Gasteiger partial charge in [-0.05, 0) is 18.6 Å². The van der Waals surface area contributed by atoms with Crippen LogP contribution < -0.4 is 5.32 Å².